The van der Waals surface area contributed by atoms with Crippen molar-refractivity contribution in [2.24, 2.45) is 0 Å². The van der Waals surface area contributed by atoms with Gasteiger partial charge in [0, 0.05) is 44.5 Å². The molecular formula is C12H17N3O. The number of nitrogens with zero attached hydrogens (tertiary/aromatic N) is 3. The van der Waals surface area contributed by atoms with E-state index in [1.54, 1.807) is 19.3 Å². The highest BCUT2D eigenvalue weighted by Crippen LogP contribution is 2.25. The van der Waals surface area contributed by atoms with E-state index in [4.69, 9.17) is 0 Å². The smallest absolute Gasteiger partial charge is 0.219 e. The summed E-state index contributed by atoms with van der Waals surface area (Å²) in [6.45, 7) is 3.37. The van der Waals surface area contributed by atoms with Crippen LogP contribution in [0.25, 0.3) is 0 Å². The van der Waals surface area contributed by atoms with Crippen LogP contribution < -0.4 is 0 Å². The van der Waals surface area contributed by atoms with Gasteiger partial charge >= 0.3 is 0 Å². The normalized spacial score (nSPS) is 21.6. The molecule has 0 aromatic carbocycles. The van der Waals surface area contributed by atoms with Gasteiger partial charge in [-0.15, -0.1) is 0 Å². The summed E-state index contributed by atoms with van der Waals surface area (Å²) in [7, 11) is 0. The van der Waals surface area contributed by atoms with Gasteiger partial charge in [0.1, 0.15) is 0 Å². The van der Waals surface area contributed by atoms with Crippen LogP contribution in [-0.4, -0.2) is 33.9 Å². The van der Waals surface area contributed by atoms with Gasteiger partial charge in [0.25, 0.3) is 0 Å². The van der Waals surface area contributed by atoms with Gasteiger partial charge in [-0.05, 0) is 19.3 Å². The van der Waals surface area contributed by atoms with Crippen molar-refractivity contribution in [3.63, 3.8) is 0 Å². The van der Waals surface area contributed by atoms with Crippen LogP contribution in [0.3, 0.4) is 0 Å². The van der Waals surface area contributed by atoms with Crippen LogP contribution >= 0.6 is 0 Å². The number of aromatic nitrogens is 2. The van der Waals surface area contributed by atoms with Gasteiger partial charge in [0.05, 0.1) is 5.69 Å². The standard InChI is InChI=1S/C12H17N3O/c1-10(16)15-7-2-3-11(4-8-15)12-9-13-5-6-14-12/h5-6,9,11H,2-4,7-8H2,1H3. The maximum atomic E-state index is 11.3. The van der Waals surface area contributed by atoms with Crippen molar-refractivity contribution in [2.75, 3.05) is 13.1 Å². The van der Waals surface area contributed by atoms with Crippen molar-refractivity contribution in [1.82, 2.24) is 14.9 Å². The third-order valence-electron chi connectivity index (χ3n) is 3.17. The molecule has 0 radical (unpaired) electrons. The molecule has 1 aromatic heterocycles. The van der Waals surface area contributed by atoms with Gasteiger partial charge in [-0.1, -0.05) is 0 Å². The lowest BCUT2D eigenvalue weighted by Crippen LogP contribution is -2.29. The molecule has 1 aromatic rings. The maximum absolute atomic E-state index is 11.3. The quantitative estimate of drug-likeness (QED) is 0.720. The Morgan fingerprint density at radius 2 is 2.25 bits per heavy atom. The summed E-state index contributed by atoms with van der Waals surface area (Å²) in [5, 5.41) is 0. The minimum absolute atomic E-state index is 0.180. The van der Waals surface area contributed by atoms with Crippen molar-refractivity contribution in [2.45, 2.75) is 32.1 Å². The molecule has 2 rings (SSSR count). The summed E-state index contributed by atoms with van der Waals surface area (Å²) in [6.07, 6.45) is 8.43. The number of rotatable bonds is 1. The van der Waals surface area contributed by atoms with Crippen LogP contribution in [0.1, 0.15) is 37.8 Å². The lowest BCUT2D eigenvalue weighted by Gasteiger charge is -2.18. The van der Waals surface area contributed by atoms with Gasteiger partial charge in [-0.25, -0.2) is 0 Å². The van der Waals surface area contributed by atoms with E-state index in [1.165, 1.54) is 0 Å². The van der Waals surface area contributed by atoms with E-state index < -0.39 is 0 Å². The minimum Gasteiger partial charge on any atom is -0.343 e. The van der Waals surface area contributed by atoms with E-state index in [1.807, 2.05) is 11.1 Å². The molecule has 86 valence electrons. The highest BCUT2D eigenvalue weighted by atomic mass is 16.2. The Morgan fingerprint density at radius 1 is 1.38 bits per heavy atom. The SMILES string of the molecule is CC(=O)N1CCCC(c2cnccn2)CC1. The molecule has 4 heteroatoms. The Morgan fingerprint density at radius 3 is 2.94 bits per heavy atom. The van der Waals surface area contributed by atoms with E-state index in [9.17, 15) is 4.79 Å². The van der Waals surface area contributed by atoms with Crippen LogP contribution in [0.4, 0.5) is 0 Å². The third-order valence-corrected chi connectivity index (χ3v) is 3.17. The van der Waals surface area contributed by atoms with Crippen LogP contribution in [0.5, 0.6) is 0 Å². The Kier molecular flexibility index (Phi) is 3.49. The highest BCUT2D eigenvalue weighted by molar-refractivity contribution is 5.73. The largest absolute Gasteiger partial charge is 0.343 e. The number of hydrogen-bond donors (Lipinski definition) is 0. The molecule has 4 nitrogen and oxygen atoms in total. The Balaban J connectivity index is 2.02. The second kappa shape index (κ2) is 5.05. The number of carbonyl (C=O) groups excluding carboxylic acids is 1. The van der Waals surface area contributed by atoms with Crippen LogP contribution in [0.15, 0.2) is 18.6 Å². The zero-order chi connectivity index (χ0) is 11.4. The molecule has 1 unspecified atom stereocenters. The molecule has 2 heterocycles. The van der Waals surface area contributed by atoms with Crippen molar-refractivity contribution >= 4 is 5.91 Å². The van der Waals surface area contributed by atoms with E-state index in [-0.39, 0.29) is 5.91 Å². The number of amides is 1. The molecule has 0 aliphatic carbocycles. The lowest BCUT2D eigenvalue weighted by molar-refractivity contribution is -0.128. The van der Waals surface area contributed by atoms with Gasteiger partial charge < -0.3 is 4.90 Å². The predicted molar refractivity (Wildman–Crippen MR) is 60.9 cm³/mol. The second-order valence-electron chi connectivity index (χ2n) is 4.26. The monoisotopic (exact) mass is 219 g/mol. The van der Waals surface area contributed by atoms with Crippen molar-refractivity contribution in [1.29, 1.82) is 0 Å². The van der Waals surface area contributed by atoms with Crippen molar-refractivity contribution in [3.05, 3.63) is 24.3 Å². The molecule has 0 saturated carbocycles. The van der Waals surface area contributed by atoms with Crippen LogP contribution in [0, 0.1) is 0 Å². The van der Waals surface area contributed by atoms with Gasteiger partial charge in [0.15, 0.2) is 0 Å². The average Bonchev–Trinajstić information content (AvgIpc) is 2.55. The number of likely N-dealkylation sites (tertiary alicyclic amines) is 1. The molecule has 1 aliphatic heterocycles. The number of hydrogen-bond acceptors (Lipinski definition) is 3. The average molecular weight is 219 g/mol. The van der Waals surface area contributed by atoms with Gasteiger partial charge in [-0.2, -0.15) is 0 Å². The van der Waals surface area contributed by atoms with E-state index >= 15 is 0 Å². The van der Waals surface area contributed by atoms with Gasteiger partial charge in [-0.3, -0.25) is 14.8 Å². The van der Waals surface area contributed by atoms with Crippen LogP contribution in [-0.2, 0) is 4.79 Å². The molecule has 1 fully saturated rings. The first-order valence-electron chi connectivity index (χ1n) is 5.79. The third kappa shape index (κ3) is 2.56. The molecule has 1 amide bonds. The number of carbonyl (C=O) groups is 1. The summed E-state index contributed by atoms with van der Waals surface area (Å²) in [4.78, 5) is 21.7. The summed E-state index contributed by atoms with van der Waals surface area (Å²) >= 11 is 0. The molecule has 0 N–H and O–H groups in total. The van der Waals surface area contributed by atoms with E-state index in [0.29, 0.717) is 5.92 Å². The molecule has 0 spiro atoms. The summed E-state index contributed by atoms with van der Waals surface area (Å²) in [6, 6.07) is 0. The second-order valence-corrected chi connectivity index (χ2v) is 4.26. The topological polar surface area (TPSA) is 46.1 Å². The first kappa shape index (κ1) is 11.0. The Bertz CT molecular complexity index is 353. The van der Waals surface area contributed by atoms with Crippen LogP contribution in [0.2, 0.25) is 0 Å². The fourth-order valence-electron chi connectivity index (χ4n) is 2.23. The summed E-state index contributed by atoms with van der Waals surface area (Å²) < 4.78 is 0. The molecule has 16 heavy (non-hydrogen) atoms. The summed E-state index contributed by atoms with van der Waals surface area (Å²) in [5.74, 6) is 0.637. The Labute approximate surface area is 95.7 Å². The molecule has 1 saturated heterocycles. The first-order valence-corrected chi connectivity index (χ1v) is 5.79. The molecule has 1 atom stereocenters. The van der Waals surface area contributed by atoms with Crippen molar-refractivity contribution in [3.8, 4) is 0 Å². The minimum atomic E-state index is 0.180. The zero-order valence-corrected chi connectivity index (χ0v) is 9.59. The van der Waals surface area contributed by atoms with Crippen molar-refractivity contribution < 1.29 is 4.79 Å². The lowest BCUT2D eigenvalue weighted by atomic mass is 9.97. The first-order chi connectivity index (χ1) is 7.77. The maximum Gasteiger partial charge on any atom is 0.219 e. The molecule has 1 aliphatic rings. The molecule has 0 bridgehead atoms. The fourth-order valence-corrected chi connectivity index (χ4v) is 2.23. The van der Waals surface area contributed by atoms with E-state index in [0.717, 1.165) is 38.0 Å². The highest BCUT2D eigenvalue weighted by Gasteiger charge is 2.20. The Hall–Kier alpha value is -1.45. The summed E-state index contributed by atoms with van der Waals surface area (Å²) in [5.41, 5.74) is 1.06. The van der Waals surface area contributed by atoms with Gasteiger partial charge in [0.2, 0.25) is 5.91 Å². The van der Waals surface area contributed by atoms with E-state index in [2.05, 4.69) is 9.97 Å². The predicted octanol–water partition coefficient (Wildman–Crippen LogP) is 1.59. The fraction of sp³-hybridized carbons (Fsp3) is 0.583. The molecular weight excluding hydrogens is 202 g/mol. The zero-order valence-electron chi connectivity index (χ0n) is 9.59.